The lowest BCUT2D eigenvalue weighted by Gasteiger charge is -2.24. The zero-order chi connectivity index (χ0) is 23.7. The fourth-order valence-electron chi connectivity index (χ4n) is 3.75. The molecule has 0 bridgehead atoms. The summed E-state index contributed by atoms with van der Waals surface area (Å²) < 4.78 is 4.73. The van der Waals surface area contributed by atoms with E-state index in [2.05, 4.69) is 5.32 Å². The lowest BCUT2D eigenvalue weighted by atomic mass is 10.1. The SMILES string of the molecule is COC(=O)CN1CCN(CC(=O)O)CCN(CC(=O)NCCN2C(=O)CC(C)C2=O)CC1. The number of hydrogen-bond donors (Lipinski definition) is 2. The minimum atomic E-state index is -0.937. The van der Waals surface area contributed by atoms with Gasteiger partial charge in [-0.05, 0) is 0 Å². The highest BCUT2D eigenvalue weighted by Gasteiger charge is 2.35. The molecule has 2 rings (SSSR count). The predicted octanol–water partition coefficient (Wildman–Crippen LogP) is -2.33. The van der Waals surface area contributed by atoms with Gasteiger partial charge in [-0.2, -0.15) is 0 Å². The normalized spacial score (nSPS) is 21.7. The van der Waals surface area contributed by atoms with Gasteiger partial charge in [-0.15, -0.1) is 0 Å². The molecule has 0 aromatic carbocycles. The van der Waals surface area contributed by atoms with Gasteiger partial charge in [0.05, 0.1) is 26.7 Å². The van der Waals surface area contributed by atoms with Crippen molar-refractivity contribution < 1.29 is 33.8 Å². The summed E-state index contributed by atoms with van der Waals surface area (Å²) in [5.41, 5.74) is 0. The summed E-state index contributed by atoms with van der Waals surface area (Å²) in [5, 5.41) is 11.9. The summed E-state index contributed by atoms with van der Waals surface area (Å²) >= 11 is 0. The van der Waals surface area contributed by atoms with Crippen molar-refractivity contribution in [3.8, 4) is 0 Å². The van der Waals surface area contributed by atoms with Crippen LogP contribution in [0.4, 0.5) is 0 Å². The number of esters is 1. The van der Waals surface area contributed by atoms with Gasteiger partial charge in [0.25, 0.3) is 0 Å². The van der Waals surface area contributed by atoms with Gasteiger partial charge < -0.3 is 15.2 Å². The maximum absolute atomic E-state index is 12.4. The Morgan fingerprint density at radius 2 is 1.50 bits per heavy atom. The summed E-state index contributed by atoms with van der Waals surface area (Å²) in [7, 11) is 1.32. The molecule has 32 heavy (non-hydrogen) atoms. The van der Waals surface area contributed by atoms with Crippen molar-refractivity contribution >= 4 is 29.7 Å². The molecule has 2 saturated heterocycles. The van der Waals surface area contributed by atoms with Gasteiger partial charge in [0.1, 0.15) is 0 Å². The van der Waals surface area contributed by atoms with Crippen LogP contribution in [0.2, 0.25) is 0 Å². The molecule has 0 aromatic heterocycles. The van der Waals surface area contributed by atoms with E-state index in [1.165, 1.54) is 12.0 Å². The van der Waals surface area contributed by atoms with Gasteiger partial charge in [0.2, 0.25) is 17.7 Å². The van der Waals surface area contributed by atoms with Crippen molar-refractivity contribution in [2.45, 2.75) is 13.3 Å². The molecule has 0 radical (unpaired) electrons. The fourth-order valence-corrected chi connectivity index (χ4v) is 3.75. The molecule has 0 spiro atoms. The molecule has 1 unspecified atom stereocenters. The van der Waals surface area contributed by atoms with Crippen LogP contribution in [0.25, 0.3) is 0 Å². The molecule has 2 aliphatic rings. The van der Waals surface area contributed by atoms with Crippen LogP contribution in [0, 0.1) is 5.92 Å². The zero-order valence-electron chi connectivity index (χ0n) is 18.7. The van der Waals surface area contributed by atoms with Gasteiger partial charge in [-0.1, -0.05) is 6.92 Å². The van der Waals surface area contributed by atoms with E-state index in [0.717, 1.165) is 0 Å². The van der Waals surface area contributed by atoms with Gasteiger partial charge in [-0.25, -0.2) is 0 Å². The Bertz CT molecular complexity index is 716. The predicted molar refractivity (Wildman–Crippen MR) is 112 cm³/mol. The molecular formula is C20H33N5O7. The maximum atomic E-state index is 12.4. The van der Waals surface area contributed by atoms with Crippen molar-refractivity contribution in [2.75, 3.05) is 79.1 Å². The van der Waals surface area contributed by atoms with Crippen LogP contribution >= 0.6 is 0 Å². The van der Waals surface area contributed by atoms with E-state index in [-0.39, 0.29) is 68.8 Å². The molecule has 12 heteroatoms. The molecular weight excluding hydrogens is 422 g/mol. The highest BCUT2D eigenvalue weighted by Crippen LogP contribution is 2.17. The highest BCUT2D eigenvalue weighted by atomic mass is 16.5. The van der Waals surface area contributed by atoms with Gasteiger partial charge in [-0.3, -0.25) is 43.6 Å². The fraction of sp³-hybridized carbons (Fsp3) is 0.750. The number of carboxylic acids is 1. The standard InChI is InChI=1S/C20H33N5O7/c1-15-11-17(27)25(20(15)31)4-3-21-16(26)12-22-5-7-23(13-18(28)29)8-10-24(9-6-22)14-19(30)32-2/h15H,3-14H2,1-2H3,(H,21,26)(H,28,29). The number of ether oxygens (including phenoxy) is 1. The minimum Gasteiger partial charge on any atom is -0.480 e. The summed E-state index contributed by atoms with van der Waals surface area (Å²) in [6.45, 7) is 5.10. The summed E-state index contributed by atoms with van der Waals surface area (Å²) in [5.74, 6) is -2.31. The monoisotopic (exact) mass is 455 g/mol. The van der Waals surface area contributed by atoms with E-state index < -0.39 is 5.97 Å². The first-order chi connectivity index (χ1) is 15.2. The number of aliphatic carboxylic acids is 1. The van der Waals surface area contributed by atoms with E-state index >= 15 is 0 Å². The van der Waals surface area contributed by atoms with Crippen molar-refractivity contribution in [3.63, 3.8) is 0 Å². The quantitative estimate of drug-likeness (QED) is 0.287. The molecule has 0 aromatic rings. The summed E-state index contributed by atoms with van der Waals surface area (Å²) in [6.07, 6.45) is 0.204. The second-order valence-electron chi connectivity index (χ2n) is 8.14. The molecule has 12 nitrogen and oxygen atoms in total. The molecule has 3 amide bonds. The van der Waals surface area contributed by atoms with Crippen molar-refractivity contribution in [1.82, 2.24) is 24.9 Å². The van der Waals surface area contributed by atoms with Gasteiger partial charge in [0, 0.05) is 64.7 Å². The van der Waals surface area contributed by atoms with Crippen LogP contribution in [0.5, 0.6) is 0 Å². The third kappa shape index (κ3) is 8.17. The number of carboxylic acid groups (broad SMARTS) is 1. The molecule has 0 saturated carbocycles. The number of amides is 3. The average Bonchev–Trinajstić information content (AvgIpc) is 3.02. The van der Waals surface area contributed by atoms with Gasteiger partial charge >= 0.3 is 11.9 Å². The van der Waals surface area contributed by atoms with Crippen molar-refractivity contribution in [2.24, 2.45) is 5.92 Å². The summed E-state index contributed by atoms with van der Waals surface area (Å²) in [6, 6.07) is 0. The largest absolute Gasteiger partial charge is 0.480 e. The first-order valence-electron chi connectivity index (χ1n) is 10.8. The first-order valence-corrected chi connectivity index (χ1v) is 10.8. The second-order valence-corrected chi connectivity index (χ2v) is 8.14. The number of methoxy groups -OCH3 is 1. The topological polar surface area (TPSA) is 140 Å². The number of imide groups is 1. The van der Waals surface area contributed by atoms with E-state index in [1.54, 1.807) is 11.8 Å². The van der Waals surface area contributed by atoms with Gasteiger partial charge in [0.15, 0.2) is 0 Å². The minimum absolute atomic E-state index is 0.0886. The summed E-state index contributed by atoms with van der Waals surface area (Å²) in [4.78, 5) is 65.8. The molecule has 0 aliphatic carbocycles. The van der Waals surface area contributed by atoms with Crippen molar-refractivity contribution in [1.29, 1.82) is 0 Å². The smallest absolute Gasteiger partial charge is 0.319 e. The lowest BCUT2D eigenvalue weighted by Crippen LogP contribution is -2.45. The van der Waals surface area contributed by atoms with Crippen LogP contribution in [-0.2, 0) is 28.7 Å². The van der Waals surface area contributed by atoms with Crippen LogP contribution in [-0.4, -0.2) is 133 Å². The zero-order valence-corrected chi connectivity index (χ0v) is 18.7. The number of nitrogens with zero attached hydrogens (tertiary/aromatic N) is 4. The molecule has 2 aliphatic heterocycles. The Labute approximate surface area is 187 Å². The highest BCUT2D eigenvalue weighted by molar-refractivity contribution is 6.03. The van der Waals surface area contributed by atoms with Crippen molar-refractivity contribution in [3.05, 3.63) is 0 Å². The third-order valence-corrected chi connectivity index (χ3v) is 5.63. The van der Waals surface area contributed by atoms with Crippen LogP contribution in [0.3, 0.4) is 0 Å². The Morgan fingerprint density at radius 1 is 0.969 bits per heavy atom. The second kappa shape index (κ2) is 12.5. The van der Waals surface area contributed by atoms with Crippen LogP contribution in [0.15, 0.2) is 0 Å². The Kier molecular flexibility index (Phi) is 10.0. The Hall–Kier alpha value is -2.57. The molecule has 2 N–H and O–H groups in total. The molecule has 2 fully saturated rings. The van der Waals surface area contributed by atoms with E-state index in [0.29, 0.717) is 39.3 Å². The number of hydrogen-bond acceptors (Lipinski definition) is 9. The first kappa shape index (κ1) is 25.7. The van der Waals surface area contributed by atoms with E-state index in [9.17, 15) is 24.0 Å². The number of nitrogens with one attached hydrogen (secondary N) is 1. The maximum Gasteiger partial charge on any atom is 0.319 e. The number of carbonyl (C=O) groups excluding carboxylic acids is 4. The lowest BCUT2D eigenvalue weighted by molar-refractivity contribution is -0.142. The third-order valence-electron chi connectivity index (χ3n) is 5.63. The van der Waals surface area contributed by atoms with E-state index in [1.807, 2.05) is 9.80 Å². The molecule has 2 heterocycles. The average molecular weight is 456 g/mol. The van der Waals surface area contributed by atoms with Crippen LogP contribution in [0.1, 0.15) is 13.3 Å². The Balaban J connectivity index is 1.87. The molecule has 180 valence electrons. The van der Waals surface area contributed by atoms with E-state index in [4.69, 9.17) is 9.84 Å². The van der Waals surface area contributed by atoms with Crippen LogP contribution < -0.4 is 5.32 Å². The number of likely N-dealkylation sites (tertiary alicyclic amines) is 1. The Morgan fingerprint density at radius 3 is 1.97 bits per heavy atom. The number of rotatable bonds is 9. The molecule has 1 atom stereocenters. The number of carbonyl (C=O) groups is 5.